The lowest BCUT2D eigenvalue weighted by molar-refractivity contribution is -0.125. The average molecular weight is 433 g/mol. The third kappa shape index (κ3) is 4.99. The van der Waals surface area contributed by atoms with E-state index in [0.717, 1.165) is 53.5 Å². The Morgan fingerprint density at radius 1 is 1.06 bits per heavy atom. The lowest BCUT2D eigenvalue weighted by atomic mass is 9.97. The minimum atomic E-state index is -0.101. The van der Waals surface area contributed by atoms with Crippen molar-refractivity contribution in [3.63, 3.8) is 0 Å². The fraction of sp³-hybridized carbons (Fsp3) is 0.320. The number of nitrogens with zero attached hydrogens (tertiary/aromatic N) is 3. The molecule has 1 amide bonds. The van der Waals surface area contributed by atoms with Crippen molar-refractivity contribution in [3.8, 4) is 22.8 Å². The molecule has 32 heavy (non-hydrogen) atoms. The molecular weight excluding hydrogens is 404 g/mol. The Labute approximate surface area is 188 Å². The van der Waals surface area contributed by atoms with Crippen molar-refractivity contribution < 1.29 is 14.3 Å². The smallest absolute Gasteiger partial charge is 0.225 e. The van der Waals surface area contributed by atoms with E-state index in [1.807, 2.05) is 60.7 Å². The number of piperidine rings is 1. The van der Waals surface area contributed by atoms with Gasteiger partial charge in [-0.05, 0) is 43.2 Å². The summed E-state index contributed by atoms with van der Waals surface area (Å²) < 4.78 is 10.7. The fourth-order valence-electron chi connectivity index (χ4n) is 4.00. The predicted octanol–water partition coefficient (Wildman–Crippen LogP) is 3.69. The summed E-state index contributed by atoms with van der Waals surface area (Å²) >= 11 is 0. The van der Waals surface area contributed by atoms with Gasteiger partial charge in [0.05, 0.1) is 25.8 Å². The molecule has 0 spiro atoms. The Kier molecular flexibility index (Phi) is 6.84. The number of ether oxygens (including phenoxy) is 2. The zero-order valence-electron chi connectivity index (χ0n) is 18.5. The number of carbonyl (C=O) groups is 1. The van der Waals surface area contributed by atoms with Crippen LogP contribution in [0.15, 0.2) is 60.7 Å². The lowest BCUT2D eigenvalue weighted by Gasteiger charge is -2.32. The molecule has 1 aromatic heterocycles. The van der Waals surface area contributed by atoms with E-state index in [0.29, 0.717) is 13.1 Å². The Bertz CT molecular complexity index is 1040. The van der Waals surface area contributed by atoms with Gasteiger partial charge in [-0.15, -0.1) is 10.2 Å². The maximum atomic E-state index is 12.9. The van der Waals surface area contributed by atoms with Crippen LogP contribution in [0, 0.1) is 5.92 Å². The SMILES string of the molecule is COc1ccc(OC)c(CNC(=O)[C@@H]2CCCN(c3ccc(-c4ccccc4)nn3)C2)c1. The number of hydrogen-bond acceptors (Lipinski definition) is 6. The van der Waals surface area contributed by atoms with Gasteiger partial charge in [0.25, 0.3) is 0 Å². The molecule has 2 aromatic carbocycles. The van der Waals surface area contributed by atoms with Gasteiger partial charge in [0, 0.05) is 30.8 Å². The Morgan fingerprint density at radius 3 is 2.62 bits per heavy atom. The van der Waals surface area contributed by atoms with Crippen LogP contribution >= 0.6 is 0 Å². The number of nitrogens with one attached hydrogen (secondary N) is 1. The molecular formula is C25H28N4O3. The van der Waals surface area contributed by atoms with Crippen LogP contribution in [0.5, 0.6) is 11.5 Å². The number of carbonyl (C=O) groups excluding carboxylic acids is 1. The van der Waals surface area contributed by atoms with E-state index in [1.165, 1.54) is 0 Å². The monoisotopic (exact) mass is 432 g/mol. The zero-order chi connectivity index (χ0) is 22.3. The molecule has 7 nitrogen and oxygen atoms in total. The molecule has 0 saturated carbocycles. The Balaban J connectivity index is 1.38. The molecule has 1 saturated heterocycles. The van der Waals surface area contributed by atoms with E-state index in [9.17, 15) is 4.79 Å². The third-order valence-electron chi connectivity index (χ3n) is 5.78. The summed E-state index contributed by atoms with van der Waals surface area (Å²) in [6.45, 7) is 1.88. The van der Waals surface area contributed by atoms with Crippen molar-refractivity contribution in [2.45, 2.75) is 19.4 Å². The molecule has 1 N–H and O–H groups in total. The normalized spacial score (nSPS) is 15.8. The van der Waals surface area contributed by atoms with Crippen LogP contribution in [0.2, 0.25) is 0 Å². The second kappa shape index (κ2) is 10.1. The van der Waals surface area contributed by atoms with Gasteiger partial charge in [0.2, 0.25) is 5.91 Å². The summed E-state index contributed by atoms with van der Waals surface area (Å²) in [6, 6.07) is 19.5. The second-order valence-corrected chi connectivity index (χ2v) is 7.82. The molecule has 1 aliphatic heterocycles. The molecule has 1 fully saturated rings. The fourth-order valence-corrected chi connectivity index (χ4v) is 4.00. The van der Waals surface area contributed by atoms with E-state index in [1.54, 1.807) is 14.2 Å². The predicted molar refractivity (Wildman–Crippen MR) is 124 cm³/mol. The van der Waals surface area contributed by atoms with E-state index in [4.69, 9.17) is 9.47 Å². The molecule has 0 bridgehead atoms. The van der Waals surface area contributed by atoms with Gasteiger partial charge in [0.1, 0.15) is 11.5 Å². The number of rotatable bonds is 7. The van der Waals surface area contributed by atoms with Gasteiger partial charge in [-0.1, -0.05) is 30.3 Å². The highest BCUT2D eigenvalue weighted by molar-refractivity contribution is 5.79. The number of aromatic nitrogens is 2. The van der Waals surface area contributed by atoms with Crippen molar-refractivity contribution >= 4 is 11.7 Å². The number of benzene rings is 2. The molecule has 3 aromatic rings. The molecule has 4 rings (SSSR count). The number of hydrogen-bond donors (Lipinski definition) is 1. The minimum Gasteiger partial charge on any atom is -0.497 e. The van der Waals surface area contributed by atoms with Gasteiger partial charge >= 0.3 is 0 Å². The summed E-state index contributed by atoms with van der Waals surface area (Å²) in [4.78, 5) is 15.0. The molecule has 166 valence electrons. The second-order valence-electron chi connectivity index (χ2n) is 7.82. The summed E-state index contributed by atoms with van der Waals surface area (Å²) in [6.07, 6.45) is 1.79. The first-order chi connectivity index (χ1) is 15.7. The number of methoxy groups -OCH3 is 2. The van der Waals surface area contributed by atoms with Gasteiger partial charge in [-0.3, -0.25) is 4.79 Å². The summed E-state index contributed by atoms with van der Waals surface area (Å²) in [5.74, 6) is 2.20. The Morgan fingerprint density at radius 2 is 1.91 bits per heavy atom. The largest absolute Gasteiger partial charge is 0.497 e. The van der Waals surface area contributed by atoms with Crippen LogP contribution in [0.25, 0.3) is 11.3 Å². The maximum absolute atomic E-state index is 12.9. The van der Waals surface area contributed by atoms with Crippen LogP contribution < -0.4 is 19.7 Å². The standard InChI is InChI=1S/C25H28N4O3/c1-31-21-10-12-23(32-2)20(15-21)16-26-25(30)19-9-6-14-29(17-19)24-13-11-22(27-28-24)18-7-4-3-5-8-18/h3-5,7-8,10-13,15,19H,6,9,14,16-17H2,1-2H3,(H,26,30)/t19-/m1/s1. The third-order valence-corrected chi connectivity index (χ3v) is 5.78. The maximum Gasteiger partial charge on any atom is 0.225 e. The van der Waals surface area contributed by atoms with Crippen molar-refractivity contribution in [2.75, 3.05) is 32.2 Å². The van der Waals surface area contributed by atoms with Crippen LogP contribution in [-0.4, -0.2) is 43.4 Å². The van der Waals surface area contributed by atoms with E-state index in [-0.39, 0.29) is 11.8 Å². The van der Waals surface area contributed by atoms with Crippen molar-refractivity contribution in [3.05, 3.63) is 66.2 Å². The van der Waals surface area contributed by atoms with E-state index >= 15 is 0 Å². The summed E-state index contributed by atoms with van der Waals surface area (Å²) in [7, 11) is 3.24. The lowest BCUT2D eigenvalue weighted by Crippen LogP contribution is -2.43. The highest BCUT2D eigenvalue weighted by Gasteiger charge is 2.27. The summed E-state index contributed by atoms with van der Waals surface area (Å²) in [5.41, 5.74) is 2.76. The van der Waals surface area contributed by atoms with Crippen LogP contribution in [0.1, 0.15) is 18.4 Å². The van der Waals surface area contributed by atoms with Gasteiger partial charge < -0.3 is 19.7 Å². The van der Waals surface area contributed by atoms with Gasteiger partial charge in [-0.2, -0.15) is 0 Å². The first-order valence-electron chi connectivity index (χ1n) is 10.8. The quantitative estimate of drug-likeness (QED) is 0.614. The van der Waals surface area contributed by atoms with Crippen molar-refractivity contribution in [1.29, 1.82) is 0 Å². The van der Waals surface area contributed by atoms with Crippen molar-refractivity contribution in [1.82, 2.24) is 15.5 Å². The minimum absolute atomic E-state index is 0.0356. The molecule has 1 aliphatic rings. The molecule has 1 atom stereocenters. The Hall–Kier alpha value is -3.61. The molecule has 0 aliphatic carbocycles. The molecule has 7 heteroatoms. The first-order valence-corrected chi connectivity index (χ1v) is 10.8. The highest BCUT2D eigenvalue weighted by Crippen LogP contribution is 2.25. The molecule has 0 unspecified atom stereocenters. The zero-order valence-corrected chi connectivity index (χ0v) is 18.5. The number of amides is 1. The molecule has 0 radical (unpaired) electrons. The van der Waals surface area contributed by atoms with Gasteiger partial charge in [-0.25, -0.2) is 0 Å². The van der Waals surface area contributed by atoms with Crippen LogP contribution in [0.4, 0.5) is 5.82 Å². The van der Waals surface area contributed by atoms with Crippen LogP contribution in [0.3, 0.4) is 0 Å². The van der Waals surface area contributed by atoms with Gasteiger partial charge in [0.15, 0.2) is 5.82 Å². The first kappa shape index (κ1) is 21.6. The number of anilines is 1. The van der Waals surface area contributed by atoms with E-state index < -0.39 is 0 Å². The van der Waals surface area contributed by atoms with E-state index in [2.05, 4.69) is 20.4 Å². The van der Waals surface area contributed by atoms with Crippen molar-refractivity contribution in [2.24, 2.45) is 5.92 Å². The topological polar surface area (TPSA) is 76.6 Å². The van der Waals surface area contributed by atoms with Crippen LogP contribution in [-0.2, 0) is 11.3 Å². The highest BCUT2D eigenvalue weighted by atomic mass is 16.5. The summed E-state index contributed by atoms with van der Waals surface area (Å²) in [5, 5.41) is 11.9. The average Bonchev–Trinajstić information content (AvgIpc) is 2.87. The molecule has 2 heterocycles.